The van der Waals surface area contributed by atoms with Crippen LogP contribution in [0.5, 0.6) is 5.75 Å². The molecular weight excluding hydrogens is 272 g/mol. The molecule has 3 aromatic rings. The Kier molecular flexibility index (Phi) is 4.47. The van der Waals surface area contributed by atoms with Gasteiger partial charge in [0.05, 0.1) is 0 Å². The lowest BCUT2D eigenvalue weighted by atomic mass is 10.1. The maximum Gasteiger partial charge on any atom is 0.120 e. The second-order valence-corrected chi connectivity index (χ2v) is 5.09. The normalized spacial score (nSPS) is 10.4. The molecule has 0 saturated carbocycles. The first kappa shape index (κ1) is 14.3. The third-order valence-corrected chi connectivity index (χ3v) is 3.45. The zero-order valence-electron chi connectivity index (χ0n) is 12.3. The van der Waals surface area contributed by atoms with E-state index >= 15 is 0 Å². The zero-order valence-corrected chi connectivity index (χ0v) is 12.3. The minimum Gasteiger partial charge on any atom is -0.489 e. The molecule has 0 aliphatic heterocycles. The van der Waals surface area contributed by atoms with Crippen molar-refractivity contribution in [2.45, 2.75) is 13.2 Å². The second kappa shape index (κ2) is 6.87. The SMILES string of the molecule is NCc1cncc(-c2cccc(OCc3ccccc3)c2)c1. The molecule has 1 heterocycles. The Morgan fingerprint density at radius 1 is 0.818 bits per heavy atom. The molecular formula is C19H18N2O. The third kappa shape index (κ3) is 3.51. The Morgan fingerprint density at radius 2 is 1.68 bits per heavy atom. The molecule has 0 fully saturated rings. The fourth-order valence-electron chi connectivity index (χ4n) is 2.26. The first-order chi connectivity index (χ1) is 10.8. The Morgan fingerprint density at radius 3 is 2.50 bits per heavy atom. The first-order valence-electron chi connectivity index (χ1n) is 7.26. The molecule has 0 radical (unpaired) electrons. The van der Waals surface area contributed by atoms with Crippen molar-refractivity contribution in [1.82, 2.24) is 4.98 Å². The number of hydrogen-bond donors (Lipinski definition) is 1. The highest BCUT2D eigenvalue weighted by molar-refractivity contribution is 5.64. The first-order valence-corrected chi connectivity index (χ1v) is 7.26. The average molecular weight is 290 g/mol. The molecule has 0 spiro atoms. The minimum atomic E-state index is 0.491. The molecule has 3 nitrogen and oxygen atoms in total. The van der Waals surface area contributed by atoms with Crippen LogP contribution in [0.3, 0.4) is 0 Å². The molecule has 0 bridgehead atoms. The number of pyridine rings is 1. The van der Waals surface area contributed by atoms with Gasteiger partial charge in [0.25, 0.3) is 0 Å². The summed E-state index contributed by atoms with van der Waals surface area (Å²) in [6.07, 6.45) is 3.63. The van der Waals surface area contributed by atoms with Gasteiger partial charge in [0, 0.05) is 24.5 Å². The van der Waals surface area contributed by atoms with E-state index in [1.54, 1.807) is 6.20 Å². The van der Waals surface area contributed by atoms with Gasteiger partial charge in [0.1, 0.15) is 12.4 Å². The summed E-state index contributed by atoms with van der Waals surface area (Å²) in [5.41, 5.74) is 9.97. The van der Waals surface area contributed by atoms with Gasteiger partial charge in [-0.2, -0.15) is 0 Å². The predicted octanol–water partition coefficient (Wildman–Crippen LogP) is 3.79. The average Bonchev–Trinajstić information content (AvgIpc) is 2.61. The molecule has 0 saturated heterocycles. The zero-order chi connectivity index (χ0) is 15.2. The van der Waals surface area contributed by atoms with Gasteiger partial charge in [-0.15, -0.1) is 0 Å². The monoisotopic (exact) mass is 290 g/mol. The van der Waals surface area contributed by atoms with Crippen LogP contribution in [0, 0.1) is 0 Å². The van der Waals surface area contributed by atoms with Crippen LogP contribution in [0.4, 0.5) is 0 Å². The Balaban J connectivity index is 1.77. The smallest absolute Gasteiger partial charge is 0.120 e. The van der Waals surface area contributed by atoms with Crippen LogP contribution in [-0.2, 0) is 13.2 Å². The molecule has 2 N–H and O–H groups in total. The molecule has 0 atom stereocenters. The van der Waals surface area contributed by atoms with E-state index in [2.05, 4.69) is 23.2 Å². The molecule has 0 amide bonds. The van der Waals surface area contributed by atoms with Crippen molar-refractivity contribution in [2.75, 3.05) is 0 Å². The van der Waals surface area contributed by atoms with Gasteiger partial charge in [-0.25, -0.2) is 0 Å². The van der Waals surface area contributed by atoms with E-state index in [-0.39, 0.29) is 0 Å². The highest BCUT2D eigenvalue weighted by atomic mass is 16.5. The van der Waals surface area contributed by atoms with Crippen molar-refractivity contribution >= 4 is 0 Å². The maximum atomic E-state index is 5.87. The minimum absolute atomic E-state index is 0.491. The van der Waals surface area contributed by atoms with Crippen molar-refractivity contribution in [2.24, 2.45) is 5.73 Å². The van der Waals surface area contributed by atoms with Crippen molar-refractivity contribution in [3.8, 4) is 16.9 Å². The second-order valence-electron chi connectivity index (χ2n) is 5.09. The van der Waals surface area contributed by atoms with Gasteiger partial charge in [-0.05, 0) is 34.9 Å². The molecule has 110 valence electrons. The van der Waals surface area contributed by atoms with Gasteiger partial charge in [0.2, 0.25) is 0 Å². The number of hydrogen-bond acceptors (Lipinski definition) is 3. The van der Waals surface area contributed by atoms with E-state index in [0.29, 0.717) is 13.2 Å². The topological polar surface area (TPSA) is 48.1 Å². The summed E-state index contributed by atoms with van der Waals surface area (Å²) in [6, 6.07) is 20.2. The van der Waals surface area contributed by atoms with Gasteiger partial charge in [-0.3, -0.25) is 4.98 Å². The Hall–Kier alpha value is -2.65. The molecule has 0 aliphatic rings. The van der Waals surface area contributed by atoms with Crippen molar-refractivity contribution < 1.29 is 4.74 Å². The number of benzene rings is 2. The molecule has 3 rings (SSSR count). The molecule has 0 aliphatic carbocycles. The Bertz CT molecular complexity index is 741. The van der Waals surface area contributed by atoms with Crippen LogP contribution in [0.2, 0.25) is 0 Å². The summed E-state index contributed by atoms with van der Waals surface area (Å²) in [7, 11) is 0. The largest absolute Gasteiger partial charge is 0.489 e. The lowest BCUT2D eigenvalue weighted by Gasteiger charge is -2.09. The van der Waals surface area contributed by atoms with Crippen LogP contribution < -0.4 is 10.5 Å². The van der Waals surface area contributed by atoms with Crippen LogP contribution in [0.1, 0.15) is 11.1 Å². The lowest BCUT2D eigenvalue weighted by molar-refractivity contribution is 0.306. The van der Waals surface area contributed by atoms with E-state index < -0.39 is 0 Å². The maximum absolute atomic E-state index is 5.87. The fourth-order valence-corrected chi connectivity index (χ4v) is 2.26. The van der Waals surface area contributed by atoms with Crippen molar-refractivity contribution in [3.05, 3.63) is 84.2 Å². The summed E-state index contributed by atoms with van der Waals surface area (Å²) in [4.78, 5) is 4.23. The summed E-state index contributed by atoms with van der Waals surface area (Å²) in [6.45, 7) is 1.05. The Labute approximate surface area is 130 Å². The van der Waals surface area contributed by atoms with Gasteiger partial charge in [-0.1, -0.05) is 42.5 Å². The van der Waals surface area contributed by atoms with Crippen molar-refractivity contribution in [3.63, 3.8) is 0 Å². The van der Waals surface area contributed by atoms with Crippen molar-refractivity contribution in [1.29, 1.82) is 0 Å². The molecule has 0 unspecified atom stereocenters. The summed E-state index contributed by atoms with van der Waals surface area (Å²) < 4.78 is 5.87. The number of aromatic nitrogens is 1. The molecule has 2 aromatic carbocycles. The van der Waals surface area contributed by atoms with Gasteiger partial charge < -0.3 is 10.5 Å². The molecule has 3 heteroatoms. The number of nitrogens with two attached hydrogens (primary N) is 1. The quantitative estimate of drug-likeness (QED) is 0.777. The third-order valence-electron chi connectivity index (χ3n) is 3.45. The van der Waals surface area contributed by atoms with E-state index in [1.807, 2.05) is 48.7 Å². The van der Waals surface area contributed by atoms with E-state index in [9.17, 15) is 0 Å². The summed E-state index contributed by atoms with van der Waals surface area (Å²) >= 11 is 0. The van der Waals surface area contributed by atoms with Gasteiger partial charge in [0.15, 0.2) is 0 Å². The predicted molar refractivity (Wildman–Crippen MR) is 88.3 cm³/mol. The van der Waals surface area contributed by atoms with Crippen LogP contribution in [0.15, 0.2) is 73.1 Å². The van der Waals surface area contributed by atoms with E-state index in [1.165, 1.54) is 0 Å². The van der Waals surface area contributed by atoms with E-state index in [0.717, 1.165) is 28.0 Å². The van der Waals surface area contributed by atoms with Crippen LogP contribution in [-0.4, -0.2) is 4.98 Å². The van der Waals surface area contributed by atoms with Gasteiger partial charge >= 0.3 is 0 Å². The number of nitrogens with zero attached hydrogens (tertiary/aromatic N) is 1. The highest BCUT2D eigenvalue weighted by Gasteiger charge is 2.02. The van der Waals surface area contributed by atoms with E-state index in [4.69, 9.17) is 10.5 Å². The fraction of sp³-hybridized carbons (Fsp3) is 0.105. The summed E-state index contributed by atoms with van der Waals surface area (Å²) in [5.74, 6) is 0.847. The van der Waals surface area contributed by atoms with Crippen LogP contribution >= 0.6 is 0 Å². The standard InChI is InChI=1S/C19H18N2O/c20-11-16-9-18(13-21-12-16)17-7-4-8-19(10-17)22-14-15-5-2-1-3-6-15/h1-10,12-13H,11,14,20H2. The highest BCUT2D eigenvalue weighted by Crippen LogP contribution is 2.24. The summed E-state index contributed by atoms with van der Waals surface area (Å²) in [5, 5.41) is 0. The number of rotatable bonds is 5. The lowest BCUT2D eigenvalue weighted by Crippen LogP contribution is -1.97. The van der Waals surface area contributed by atoms with Crippen LogP contribution in [0.25, 0.3) is 11.1 Å². The number of ether oxygens (including phenoxy) is 1. The molecule has 1 aromatic heterocycles. The molecule has 22 heavy (non-hydrogen) atoms.